The molecule has 1 heteroatoms. The molecule has 43 valence electrons. The second kappa shape index (κ2) is 1.85. The molecule has 1 radical (unpaired) electrons. The monoisotopic (exact) mass is 133 g/mol. The maximum absolute atomic E-state index is 3.13. The van der Waals surface area contributed by atoms with Crippen LogP contribution in [0.5, 0.6) is 0 Å². The summed E-state index contributed by atoms with van der Waals surface area (Å²) in [5.41, 5.74) is 2.51. The van der Waals surface area contributed by atoms with E-state index in [0.29, 0.717) is 0 Å². The van der Waals surface area contributed by atoms with E-state index in [4.69, 9.17) is 0 Å². The Morgan fingerprint density at radius 3 is 3.22 bits per heavy atom. The van der Waals surface area contributed by atoms with Crippen molar-refractivity contribution >= 4 is 11.3 Å². The summed E-state index contributed by atoms with van der Waals surface area (Å²) in [4.78, 5) is 0. The second-order valence-electron chi connectivity index (χ2n) is 1.90. The molecule has 0 bridgehead atoms. The molecule has 0 N–H and O–H groups in total. The van der Waals surface area contributed by atoms with Gasteiger partial charge < -0.3 is 0 Å². The molecule has 0 amide bonds. The summed E-state index contributed by atoms with van der Waals surface area (Å²) in [5.74, 6) is 0. The van der Waals surface area contributed by atoms with Crippen LogP contribution in [0, 0.1) is 6.07 Å². The smallest absolute Gasteiger partial charge is 0.00148 e. The van der Waals surface area contributed by atoms with E-state index in [0.717, 1.165) is 0 Å². The highest BCUT2D eigenvalue weighted by Gasteiger charge is 1.96. The first-order valence-electron chi connectivity index (χ1n) is 2.79. The van der Waals surface area contributed by atoms with Gasteiger partial charge in [0.1, 0.15) is 0 Å². The van der Waals surface area contributed by atoms with Crippen molar-refractivity contribution < 1.29 is 0 Å². The Morgan fingerprint density at radius 1 is 1.33 bits per heavy atom. The van der Waals surface area contributed by atoms with Crippen LogP contribution in [0.4, 0.5) is 0 Å². The molecule has 2 aliphatic rings. The molecule has 9 heavy (non-hydrogen) atoms. The predicted octanol–water partition coefficient (Wildman–Crippen LogP) is 2.65. The largest absolute Gasteiger partial charge is 0.152 e. The maximum atomic E-state index is 3.13. The first kappa shape index (κ1) is 5.00. The quantitative estimate of drug-likeness (QED) is 0.518. The molecule has 0 atom stereocenters. The van der Waals surface area contributed by atoms with E-state index in [2.05, 4.69) is 29.0 Å². The Balaban J connectivity index is 2.79. The topological polar surface area (TPSA) is 0 Å². The first-order valence-corrected chi connectivity index (χ1v) is 3.74. The van der Waals surface area contributed by atoms with Crippen molar-refractivity contribution in [2.75, 3.05) is 0 Å². The summed E-state index contributed by atoms with van der Waals surface area (Å²) in [7, 11) is 0. The van der Waals surface area contributed by atoms with Crippen molar-refractivity contribution in [3.8, 4) is 11.1 Å². The molecule has 1 aliphatic heterocycles. The zero-order chi connectivity index (χ0) is 6.10. The Kier molecular flexibility index (Phi) is 1.03. The summed E-state index contributed by atoms with van der Waals surface area (Å²) >= 11 is 1.72. The molecule has 0 nitrogen and oxygen atoms in total. The van der Waals surface area contributed by atoms with E-state index in [1.54, 1.807) is 11.3 Å². The van der Waals surface area contributed by atoms with Gasteiger partial charge in [-0.1, -0.05) is 12.1 Å². The predicted molar refractivity (Wildman–Crippen MR) is 39.8 cm³/mol. The van der Waals surface area contributed by atoms with Crippen molar-refractivity contribution in [3.63, 3.8) is 0 Å². The lowest BCUT2D eigenvalue weighted by molar-refractivity contribution is 1.83. The van der Waals surface area contributed by atoms with E-state index >= 15 is 0 Å². The fraction of sp³-hybridized carbons (Fsp3) is 0. The molecule has 0 saturated heterocycles. The lowest BCUT2D eigenvalue weighted by atomic mass is 10.2. The molecule has 0 spiro atoms. The maximum Gasteiger partial charge on any atom is -0.00148 e. The van der Waals surface area contributed by atoms with Gasteiger partial charge in [-0.3, -0.25) is 0 Å². The van der Waals surface area contributed by atoms with Gasteiger partial charge in [0.15, 0.2) is 0 Å². The normalized spacial score (nSPS) is 10.2. The lowest BCUT2D eigenvalue weighted by Crippen LogP contribution is -1.64. The van der Waals surface area contributed by atoms with E-state index in [-0.39, 0.29) is 0 Å². The van der Waals surface area contributed by atoms with Gasteiger partial charge in [0.25, 0.3) is 0 Å². The minimum absolute atomic E-state index is 1.22. The number of hydrogen-bond donors (Lipinski definition) is 0. The Hall–Kier alpha value is -0.820. The second-order valence-corrected chi connectivity index (χ2v) is 2.68. The minimum Gasteiger partial charge on any atom is -0.152 e. The van der Waals surface area contributed by atoms with Crippen LogP contribution in [0.25, 0.3) is 11.1 Å². The molecule has 1 heterocycles. The van der Waals surface area contributed by atoms with Crippen molar-refractivity contribution in [1.82, 2.24) is 0 Å². The summed E-state index contributed by atoms with van der Waals surface area (Å²) in [5, 5.41) is 4.20. The van der Waals surface area contributed by atoms with Gasteiger partial charge in [-0.05, 0) is 34.0 Å². The minimum atomic E-state index is 1.22. The molecule has 1 aliphatic carbocycles. The highest BCUT2D eigenvalue weighted by molar-refractivity contribution is 7.07. The number of rotatable bonds is 0. The van der Waals surface area contributed by atoms with Crippen LogP contribution in [0.15, 0.2) is 29.0 Å². The average Bonchev–Trinajstić information content (AvgIpc) is 2.33. The van der Waals surface area contributed by atoms with Crippen LogP contribution in [-0.4, -0.2) is 0 Å². The third-order valence-corrected chi connectivity index (χ3v) is 2.00. The van der Waals surface area contributed by atoms with E-state index in [9.17, 15) is 0 Å². The zero-order valence-electron chi connectivity index (χ0n) is 4.79. The van der Waals surface area contributed by atoms with Crippen LogP contribution < -0.4 is 0 Å². The van der Waals surface area contributed by atoms with Crippen molar-refractivity contribution in [3.05, 3.63) is 35.0 Å². The standard InChI is InChI=1S/C8H5S/c1-2-7-4-5-9-6-8(7)3-1/h1,3-6H. The zero-order valence-corrected chi connectivity index (χ0v) is 5.61. The van der Waals surface area contributed by atoms with Crippen molar-refractivity contribution in [2.45, 2.75) is 0 Å². The summed E-state index contributed by atoms with van der Waals surface area (Å²) in [6.07, 6.45) is 0. The highest BCUT2D eigenvalue weighted by Crippen LogP contribution is 2.22. The fourth-order valence-electron chi connectivity index (χ4n) is 0.861. The van der Waals surface area contributed by atoms with Gasteiger partial charge in [-0.2, -0.15) is 11.3 Å². The molecule has 0 saturated carbocycles. The Bertz CT molecular complexity index is 245. The molecular formula is C8H5S. The molecule has 0 aromatic rings. The van der Waals surface area contributed by atoms with E-state index in [1.807, 2.05) is 6.07 Å². The number of hydrogen-bond acceptors (Lipinski definition) is 1. The van der Waals surface area contributed by atoms with Gasteiger partial charge >= 0.3 is 0 Å². The Morgan fingerprint density at radius 2 is 2.33 bits per heavy atom. The van der Waals surface area contributed by atoms with E-state index < -0.39 is 0 Å². The first-order chi connectivity index (χ1) is 4.47. The SMILES string of the molecule is [c]1ccc2csccc1-2. The van der Waals surface area contributed by atoms with Crippen LogP contribution in [0.2, 0.25) is 0 Å². The summed E-state index contributed by atoms with van der Waals surface area (Å²) < 4.78 is 0. The average molecular weight is 133 g/mol. The van der Waals surface area contributed by atoms with Gasteiger partial charge in [0.2, 0.25) is 0 Å². The van der Waals surface area contributed by atoms with Gasteiger partial charge in [-0.15, -0.1) is 0 Å². The van der Waals surface area contributed by atoms with Crippen LogP contribution >= 0.6 is 11.3 Å². The molecule has 0 fully saturated rings. The van der Waals surface area contributed by atoms with Gasteiger partial charge in [0.05, 0.1) is 0 Å². The third kappa shape index (κ3) is 0.736. The third-order valence-electron chi connectivity index (χ3n) is 1.32. The van der Waals surface area contributed by atoms with Crippen molar-refractivity contribution in [2.24, 2.45) is 0 Å². The Labute approximate surface area is 58.1 Å². The molecule has 0 unspecified atom stereocenters. The fourth-order valence-corrected chi connectivity index (χ4v) is 1.51. The molecule has 2 rings (SSSR count). The van der Waals surface area contributed by atoms with Gasteiger partial charge in [0, 0.05) is 0 Å². The summed E-state index contributed by atoms with van der Waals surface area (Å²) in [6.45, 7) is 0. The molecular weight excluding hydrogens is 128 g/mol. The lowest BCUT2D eigenvalue weighted by Gasteiger charge is -1.91. The highest BCUT2D eigenvalue weighted by atomic mass is 32.1. The van der Waals surface area contributed by atoms with Crippen molar-refractivity contribution in [1.29, 1.82) is 0 Å². The van der Waals surface area contributed by atoms with E-state index in [1.165, 1.54) is 11.1 Å². The van der Waals surface area contributed by atoms with Crippen LogP contribution in [0.1, 0.15) is 0 Å². The van der Waals surface area contributed by atoms with Crippen LogP contribution in [0.3, 0.4) is 0 Å². The van der Waals surface area contributed by atoms with Gasteiger partial charge in [-0.25, -0.2) is 0 Å². The number of fused-ring (bicyclic) bond motifs is 1. The molecule has 0 aromatic heterocycles. The summed E-state index contributed by atoms with van der Waals surface area (Å²) in [6, 6.07) is 9.24. The van der Waals surface area contributed by atoms with Crippen LogP contribution in [-0.2, 0) is 0 Å². The molecule has 0 aromatic carbocycles.